The normalized spacial score (nSPS) is 38.6. The number of ketones is 1. The van der Waals surface area contributed by atoms with Gasteiger partial charge in [-0.1, -0.05) is 6.08 Å². The minimum absolute atomic E-state index is 0.0730. The van der Waals surface area contributed by atoms with Gasteiger partial charge in [0.25, 0.3) is 5.91 Å². The molecule has 110 valence electrons. The first kappa shape index (κ1) is 13.7. The molecule has 1 saturated heterocycles. The van der Waals surface area contributed by atoms with E-state index in [1.165, 1.54) is 5.57 Å². The van der Waals surface area contributed by atoms with Gasteiger partial charge in [-0.05, 0) is 59.4 Å². The highest BCUT2D eigenvalue weighted by Gasteiger charge is 2.61. The highest BCUT2D eigenvalue weighted by molar-refractivity contribution is 14.1. The van der Waals surface area contributed by atoms with Crippen LogP contribution in [0.1, 0.15) is 25.7 Å². The molecule has 0 aromatic heterocycles. The van der Waals surface area contributed by atoms with Crippen molar-refractivity contribution in [3.63, 3.8) is 0 Å². The van der Waals surface area contributed by atoms with Crippen LogP contribution in [-0.2, 0) is 14.4 Å². The second-order valence-corrected chi connectivity index (χ2v) is 7.56. The number of hydrogen-bond acceptors (Lipinski definition) is 3. The van der Waals surface area contributed by atoms with E-state index in [4.69, 9.17) is 0 Å². The number of carbonyl (C=O) groups is 3. The number of nitrogens with zero attached hydrogens (tertiary/aromatic N) is 1. The van der Waals surface area contributed by atoms with Gasteiger partial charge in [-0.3, -0.25) is 9.59 Å². The summed E-state index contributed by atoms with van der Waals surface area (Å²) in [5.74, 6) is 0.415. The molecular weight excluding hydrogens is 381 g/mol. The molecule has 0 bridgehead atoms. The Bertz CT molecular complexity index is 619. The quantitative estimate of drug-likeness (QED) is 0.530. The first-order valence-corrected chi connectivity index (χ1v) is 8.57. The van der Waals surface area contributed by atoms with E-state index >= 15 is 0 Å². The summed E-state index contributed by atoms with van der Waals surface area (Å²) in [6.45, 7) is 0.611. The fraction of sp³-hybridized carbons (Fsp3) is 0.562. The molecule has 3 atom stereocenters. The lowest BCUT2D eigenvalue weighted by Crippen LogP contribution is -2.60. The zero-order valence-electron chi connectivity index (χ0n) is 11.5. The Hall–Kier alpha value is -0.980. The fourth-order valence-electron chi connectivity index (χ4n) is 4.37. The van der Waals surface area contributed by atoms with Crippen molar-refractivity contribution in [2.45, 2.75) is 31.2 Å². The Balaban J connectivity index is 1.92. The van der Waals surface area contributed by atoms with E-state index in [1.54, 1.807) is 6.08 Å². The van der Waals surface area contributed by atoms with Gasteiger partial charge in [0.2, 0.25) is 0 Å². The summed E-state index contributed by atoms with van der Waals surface area (Å²) < 4.78 is 0.825. The lowest BCUT2D eigenvalue weighted by Gasteiger charge is -2.51. The molecule has 1 amide bonds. The molecule has 21 heavy (non-hydrogen) atoms. The summed E-state index contributed by atoms with van der Waals surface area (Å²) in [4.78, 5) is 38.0. The van der Waals surface area contributed by atoms with Crippen LogP contribution < -0.4 is 0 Å². The molecule has 0 aromatic carbocycles. The standard InChI is InChI=1S/C16H16INO3/c17-14-13(9-1-2-9)16-5-3-11(20)7-12(16)10(8-19)4-6-18(16)15(14)21/h3,5,8-10,12H,1-2,4,6-7H2/t10-,12?,16-/m1/s1. The Kier molecular flexibility index (Phi) is 2.93. The maximum atomic E-state index is 12.7. The molecule has 0 aromatic rings. The molecule has 2 aliphatic carbocycles. The molecular formula is C16H16INO3. The average Bonchev–Trinajstić information content (AvgIpc) is 3.27. The summed E-state index contributed by atoms with van der Waals surface area (Å²) in [7, 11) is 0. The first-order chi connectivity index (χ1) is 10.1. The van der Waals surface area contributed by atoms with Crippen LogP contribution in [0.5, 0.6) is 0 Å². The third-order valence-corrected chi connectivity index (χ3v) is 6.46. The molecule has 4 nitrogen and oxygen atoms in total. The molecule has 0 N–H and O–H groups in total. The number of carbonyl (C=O) groups excluding carboxylic acids is 3. The van der Waals surface area contributed by atoms with E-state index in [-0.39, 0.29) is 23.5 Å². The van der Waals surface area contributed by atoms with Crippen molar-refractivity contribution in [3.05, 3.63) is 21.3 Å². The second kappa shape index (κ2) is 4.51. The minimum atomic E-state index is -0.494. The number of rotatable bonds is 2. The van der Waals surface area contributed by atoms with Gasteiger partial charge >= 0.3 is 0 Å². The molecule has 4 aliphatic rings. The van der Waals surface area contributed by atoms with Crippen LogP contribution in [0.15, 0.2) is 21.3 Å². The third kappa shape index (κ3) is 1.69. The molecule has 2 fully saturated rings. The van der Waals surface area contributed by atoms with Gasteiger partial charge in [0.1, 0.15) is 6.29 Å². The van der Waals surface area contributed by atoms with Crippen LogP contribution in [-0.4, -0.2) is 35.0 Å². The smallest absolute Gasteiger partial charge is 0.261 e. The Morgan fingerprint density at radius 1 is 1.29 bits per heavy atom. The first-order valence-electron chi connectivity index (χ1n) is 7.49. The minimum Gasteiger partial charge on any atom is -0.325 e. The molecule has 1 unspecified atom stereocenters. The maximum absolute atomic E-state index is 12.7. The molecule has 2 heterocycles. The van der Waals surface area contributed by atoms with Crippen molar-refractivity contribution in [1.82, 2.24) is 4.90 Å². The summed E-state index contributed by atoms with van der Waals surface area (Å²) in [6, 6.07) is 0. The van der Waals surface area contributed by atoms with Crippen LogP contribution >= 0.6 is 22.6 Å². The SMILES string of the molecule is O=C[C@H]1CCN2C(=O)C(I)=C(C3CC3)[C@]23C=CC(=O)CC13. The van der Waals surface area contributed by atoms with E-state index in [9.17, 15) is 14.4 Å². The van der Waals surface area contributed by atoms with Gasteiger partial charge in [0.05, 0.1) is 9.12 Å². The topological polar surface area (TPSA) is 54.5 Å². The largest absolute Gasteiger partial charge is 0.325 e. The summed E-state index contributed by atoms with van der Waals surface area (Å²) >= 11 is 2.17. The Labute approximate surface area is 136 Å². The fourth-order valence-corrected chi connectivity index (χ4v) is 5.53. The van der Waals surface area contributed by atoms with E-state index in [0.717, 1.165) is 22.7 Å². The number of aldehydes is 1. The van der Waals surface area contributed by atoms with Crippen molar-refractivity contribution in [2.24, 2.45) is 17.8 Å². The summed E-state index contributed by atoms with van der Waals surface area (Å²) in [5, 5.41) is 0. The van der Waals surface area contributed by atoms with Gasteiger partial charge in [-0.2, -0.15) is 0 Å². The average molecular weight is 397 g/mol. The summed E-state index contributed by atoms with van der Waals surface area (Å²) in [6.07, 6.45) is 7.83. The molecule has 0 radical (unpaired) electrons. The number of piperidine rings is 1. The number of hydrogen-bond donors (Lipinski definition) is 0. The number of halogens is 1. The third-order valence-electron chi connectivity index (χ3n) is 5.42. The molecule has 4 rings (SSSR count). The number of amides is 1. The van der Waals surface area contributed by atoms with E-state index in [0.29, 0.717) is 25.3 Å². The predicted molar refractivity (Wildman–Crippen MR) is 84.6 cm³/mol. The van der Waals surface area contributed by atoms with E-state index in [2.05, 4.69) is 22.6 Å². The summed E-state index contributed by atoms with van der Waals surface area (Å²) in [5.41, 5.74) is 0.695. The monoisotopic (exact) mass is 397 g/mol. The molecule has 5 heteroatoms. The van der Waals surface area contributed by atoms with E-state index in [1.807, 2.05) is 11.0 Å². The van der Waals surface area contributed by atoms with Crippen LogP contribution in [0.4, 0.5) is 0 Å². The molecule has 1 saturated carbocycles. The van der Waals surface area contributed by atoms with Crippen LogP contribution in [0.2, 0.25) is 0 Å². The van der Waals surface area contributed by atoms with Gasteiger partial charge in [-0.25, -0.2) is 0 Å². The van der Waals surface area contributed by atoms with Crippen LogP contribution in [0.25, 0.3) is 0 Å². The maximum Gasteiger partial charge on any atom is 0.261 e. The Morgan fingerprint density at radius 2 is 2.05 bits per heavy atom. The second-order valence-electron chi connectivity index (χ2n) is 6.48. The lowest BCUT2D eigenvalue weighted by atomic mass is 9.63. The van der Waals surface area contributed by atoms with Crippen molar-refractivity contribution < 1.29 is 14.4 Å². The number of allylic oxidation sites excluding steroid dienone is 1. The predicted octanol–water partition coefficient (Wildman–Crippen LogP) is 2.03. The van der Waals surface area contributed by atoms with E-state index < -0.39 is 5.54 Å². The van der Waals surface area contributed by atoms with Gasteiger partial charge in [0, 0.05) is 24.8 Å². The van der Waals surface area contributed by atoms with Gasteiger partial charge in [0.15, 0.2) is 5.78 Å². The van der Waals surface area contributed by atoms with Crippen molar-refractivity contribution in [2.75, 3.05) is 6.54 Å². The van der Waals surface area contributed by atoms with Gasteiger partial charge in [-0.15, -0.1) is 0 Å². The zero-order chi connectivity index (χ0) is 14.8. The van der Waals surface area contributed by atoms with Crippen molar-refractivity contribution in [1.29, 1.82) is 0 Å². The highest BCUT2D eigenvalue weighted by Crippen LogP contribution is 2.58. The molecule has 1 spiro atoms. The lowest BCUT2D eigenvalue weighted by molar-refractivity contribution is -0.137. The van der Waals surface area contributed by atoms with Crippen LogP contribution in [0, 0.1) is 17.8 Å². The van der Waals surface area contributed by atoms with Crippen molar-refractivity contribution >= 4 is 40.6 Å². The zero-order valence-corrected chi connectivity index (χ0v) is 13.7. The van der Waals surface area contributed by atoms with Gasteiger partial charge < -0.3 is 9.69 Å². The van der Waals surface area contributed by atoms with Crippen molar-refractivity contribution in [3.8, 4) is 0 Å². The van der Waals surface area contributed by atoms with Crippen LogP contribution in [0.3, 0.4) is 0 Å². The highest BCUT2D eigenvalue weighted by atomic mass is 127. The Morgan fingerprint density at radius 3 is 2.71 bits per heavy atom. The molecule has 2 aliphatic heterocycles.